The molecular weight excluding hydrogens is 410 g/mol. The third kappa shape index (κ3) is 4.31. The number of hydrogen-bond acceptors (Lipinski definition) is 5. The zero-order valence-electron chi connectivity index (χ0n) is 15.4. The molecule has 0 saturated carbocycles. The molecule has 0 aliphatic heterocycles. The molecular formula is C21H16ClN3O3S. The molecule has 0 radical (unpaired) electrons. The van der Waals surface area contributed by atoms with Gasteiger partial charge in [0.15, 0.2) is 5.75 Å². The molecule has 0 spiro atoms. The molecule has 2 aromatic carbocycles. The number of carbonyl (C=O) groups is 1. The van der Waals surface area contributed by atoms with Crippen molar-refractivity contribution in [3.05, 3.63) is 81.2 Å². The first-order chi connectivity index (χ1) is 14.0. The fourth-order valence-corrected chi connectivity index (χ4v) is 3.67. The summed E-state index contributed by atoms with van der Waals surface area (Å²) in [6, 6.07) is 14.2. The van der Waals surface area contributed by atoms with Gasteiger partial charge in [0.05, 0.1) is 17.4 Å². The second-order valence-corrected chi connectivity index (χ2v) is 7.75. The van der Waals surface area contributed by atoms with Crippen LogP contribution in [0.5, 0.6) is 11.5 Å². The number of aromatic nitrogens is 2. The average molecular weight is 426 g/mol. The first kappa shape index (κ1) is 19.2. The molecule has 2 aromatic heterocycles. The Morgan fingerprint density at radius 1 is 1.21 bits per heavy atom. The van der Waals surface area contributed by atoms with E-state index in [1.165, 1.54) is 22.2 Å². The predicted molar refractivity (Wildman–Crippen MR) is 115 cm³/mol. The highest BCUT2D eigenvalue weighted by Gasteiger charge is 2.13. The molecule has 0 unspecified atom stereocenters. The van der Waals surface area contributed by atoms with Crippen molar-refractivity contribution in [1.82, 2.24) is 9.55 Å². The Bertz CT molecular complexity index is 1250. The van der Waals surface area contributed by atoms with E-state index in [1.54, 1.807) is 29.6 Å². The largest absolute Gasteiger partial charge is 0.455 e. The van der Waals surface area contributed by atoms with Gasteiger partial charge in [-0.05, 0) is 48.7 Å². The molecule has 0 atom stereocenters. The summed E-state index contributed by atoms with van der Waals surface area (Å²) in [5, 5.41) is 5.51. The van der Waals surface area contributed by atoms with Gasteiger partial charge in [-0.3, -0.25) is 14.2 Å². The van der Waals surface area contributed by atoms with Gasteiger partial charge in [0.1, 0.15) is 17.1 Å². The molecule has 146 valence electrons. The number of thiophene rings is 1. The SMILES string of the molecule is Cc1ccc(Oc2ccc(Cl)cc2NC(=O)Cn2cnc3sccc3c2=O)cc1. The Morgan fingerprint density at radius 2 is 2.00 bits per heavy atom. The molecule has 6 nitrogen and oxygen atoms in total. The standard InChI is InChI=1S/C21H16ClN3O3S/c1-13-2-5-15(6-3-13)28-18-7-4-14(22)10-17(18)24-19(26)11-25-12-23-20-16(21(25)27)8-9-29-20/h2-10,12H,11H2,1H3,(H,24,26). The molecule has 1 amide bonds. The number of carbonyl (C=O) groups excluding carboxylic acids is 1. The van der Waals surface area contributed by atoms with Crippen LogP contribution in [0, 0.1) is 6.92 Å². The zero-order valence-corrected chi connectivity index (χ0v) is 17.0. The molecule has 4 rings (SSSR count). The maximum atomic E-state index is 12.6. The predicted octanol–water partition coefficient (Wildman–Crippen LogP) is 4.85. The fourth-order valence-electron chi connectivity index (χ4n) is 2.77. The summed E-state index contributed by atoms with van der Waals surface area (Å²) in [4.78, 5) is 29.9. The van der Waals surface area contributed by atoms with Crippen molar-refractivity contribution in [2.45, 2.75) is 13.5 Å². The number of benzene rings is 2. The van der Waals surface area contributed by atoms with E-state index in [0.29, 0.717) is 32.4 Å². The van der Waals surface area contributed by atoms with E-state index in [4.69, 9.17) is 16.3 Å². The van der Waals surface area contributed by atoms with Gasteiger partial charge in [-0.2, -0.15) is 0 Å². The van der Waals surface area contributed by atoms with Gasteiger partial charge in [-0.25, -0.2) is 4.98 Å². The van der Waals surface area contributed by atoms with Crippen LogP contribution >= 0.6 is 22.9 Å². The van der Waals surface area contributed by atoms with Gasteiger partial charge < -0.3 is 10.1 Å². The summed E-state index contributed by atoms with van der Waals surface area (Å²) in [7, 11) is 0. The zero-order chi connectivity index (χ0) is 20.4. The van der Waals surface area contributed by atoms with E-state index in [1.807, 2.05) is 31.2 Å². The molecule has 0 aliphatic carbocycles. The molecule has 1 N–H and O–H groups in total. The Balaban J connectivity index is 1.55. The van der Waals surface area contributed by atoms with E-state index in [2.05, 4.69) is 10.3 Å². The van der Waals surface area contributed by atoms with Crippen LogP contribution in [0.15, 0.2) is 65.0 Å². The normalized spacial score (nSPS) is 10.8. The van der Waals surface area contributed by atoms with E-state index in [0.717, 1.165) is 5.56 Å². The maximum absolute atomic E-state index is 12.6. The van der Waals surface area contributed by atoms with Gasteiger partial charge >= 0.3 is 0 Å². The minimum atomic E-state index is -0.389. The third-order valence-corrected chi connectivity index (χ3v) is 5.28. The molecule has 0 saturated heterocycles. The Labute approximate surface area is 175 Å². The average Bonchev–Trinajstić information content (AvgIpc) is 3.17. The van der Waals surface area contributed by atoms with Crippen molar-refractivity contribution in [1.29, 1.82) is 0 Å². The molecule has 4 aromatic rings. The minimum Gasteiger partial charge on any atom is -0.455 e. The monoisotopic (exact) mass is 425 g/mol. The number of hydrogen-bond donors (Lipinski definition) is 1. The minimum absolute atomic E-state index is 0.173. The summed E-state index contributed by atoms with van der Waals surface area (Å²) in [6.45, 7) is 1.82. The van der Waals surface area contributed by atoms with E-state index in [9.17, 15) is 9.59 Å². The number of anilines is 1. The Hall–Kier alpha value is -3.16. The summed E-state index contributed by atoms with van der Waals surface area (Å²) in [5.74, 6) is 0.696. The van der Waals surface area contributed by atoms with Crippen molar-refractivity contribution in [3.8, 4) is 11.5 Å². The second kappa shape index (κ2) is 8.06. The van der Waals surface area contributed by atoms with Gasteiger partial charge in [-0.15, -0.1) is 11.3 Å². The van der Waals surface area contributed by atoms with E-state index in [-0.39, 0.29) is 18.0 Å². The summed E-state index contributed by atoms with van der Waals surface area (Å²) >= 11 is 7.47. The topological polar surface area (TPSA) is 73.2 Å². The molecule has 0 bridgehead atoms. The lowest BCUT2D eigenvalue weighted by Crippen LogP contribution is -2.27. The van der Waals surface area contributed by atoms with Gasteiger partial charge in [0.2, 0.25) is 5.91 Å². The van der Waals surface area contributed by atoms with Crippen molar-refractivity contribution in [3.63, 3.8) is 0 Å². The van der Waals surface area contributed by atoms with Crippen molar-refractivity contribution in [2.75, 3.05) is 5.32 Å². The smallest absolute Gasteiger partial charge is 0.262 e. The first-order valence-electron chi connectivity index (χ1n) is 8.76. The molecule has 29 heavy (non-hydrogen) atoms. The van der Waals surface area contributed by atoms with Crippen LogP contribution in [-0.2, 0) is 11.3 Å². The number of nitrogens with zero attached hydrogens (tertiary/aromatic N) is 2. The maximum Gasteiger partial charge on any atom is 0.262 e. The third-order valence-electron chi connectivity index (χ3n) is 4.23. The summed E-state index contributed by atoms with van der Waals surface area (Å²) in [5.41, 5.74) is 1.28. The van der Waals surface area contributed by atoms with Crippen LogP contribution < -0.4 is 15.6 Å². The second-order valence-electron chi connectivity index (χ2n) is 6.42. The number of rotatable bonds is 5. The Morgan fingerprint density at radius 3 is 2.79 bits per heavy atom. The van der Waals surface area contributed by atoms with Crippen LogP contribution in [0.4, 0.5) is 5.69 Å². The Kier molecular flexibility index (Phi) is 5.33. The number of amides is 1. The van der Waals surface area contributed by atoms with Crippen LogP contribution in [0.2, 0.25) is 5.02 Å². The number of aryl methyl sites for hydroxylation is 1. The van der Waals surface area contributed by atoms with Crippen LogP contribution in [0.3, 0.4) is 0 Å². The number of nitrogens with one attached hydrogen (secondary N) is 1. The van der Waals surface area contributed by atoms with E-state index < -0.39 is 0 Å². The fraction of sp³-hybridized carbons (Fsp3) is 0.0952. The van der Waals surface area contributed by atoms with Crippen molar-refractivity contribution < 1.29 is 9.53 Å². The van der Waals surface area contributed by atoms with Gasteiger partial charge in [0.25, 0.3) is 5.56 Å². The highest BCUT2D eigenvalue weighted by Crippen LogP contribution is 2.32. The van der Waals surface area contributed by atoms with Gasteiger partial charge in [-0.1, -0.05) is 29.3 Å². The lowest BCUT2D eigenvalue weighted by atomic mass is 10.2. The quantitative estimate of drug-likeness (QED) is 0.496. The highest BCUT2D eigenvalue weighted by molar-refractivity contribution is 7.16. The van der Waals surface area contributed by atoms with Crippen LogP contribution in [0.1, 0.15) is 5.56 Å². The molecule has 0 aliphatic rings. The van der Waals surface area contributed by atoms with E-state index >= 15 is 0 Å². The first-order valence-corrected chi connectivity index (χ1v) is 10.0. The van der Waals surface area contributed by atoms with Crippen LogP contribution in [-0.4, -0.2) is 15.5 Å². The lowest BCUT2D eigenvalue weighted by molar-refractivity contribution is -0.116. The van der Waals surface area contributed by atoms with Gasteiger partial charge in [0, 0.05) is 5.02 Å². The van der Waals surface area contributed by atoms with Crippen molar-refractivity contribution in [2.24, 2.45) is 0 Å². The summed E-state index contributed by atoms with van der Waals surface area (Å²) < 4.78 is 7.16. The van der Waals surface area contributed by atoms with Crippen LogP contribution in [0.25, 0.3) is 10.2 Å². The number of fused-ring (bicyclic) bond motifs is 1. The number of halogens is 1. The molecule has 2 heterocycles. The lowest BCUT2D eigenvalue weighted by Gasteiger charge is -2.13. The summed E-state index contributed by atoms with van der Waals surface area (Å²) in [6.07, 6.45) is 1.38. The molecule has 0 fully saturated rings. The van der Waals surface area contributed by atoms with Crippen molar-refractivity contribution >= 4 is 44.7 Å². The number of ether oxygens (including phenoxy) is 1. The molecule has 8 heteroatoms. The highest BCUT2D eigenvalue weighted by atomic mass is 35.5.